The Labute approximate surface area is 200 Å². The first-order chi connectivity index (χ1) is 17.0. The van der Waals surface area contributed by atoms with Crippen LogP contribution in [0.4, 0.5) is 33.3 Å². The summed E-state index contributed by atoms with van der Waals surface area (Å²) < 4.78 is 75.7. The van der Waals surface area contributed by atoms with E-state index < -0.39 is 29.9 Å². The number of fused-ring (bicyclic) bond motifs is 1. The summed E-state index contributed by atoms with van der Waals surface area (Å²) in [6.07, 6.45) is -4.15. The summed E-state index contributed by atoms with van der Waals surface area (Å²) in [5, 5.41) is 2.18. The number of anilines is 2. The van der Waals surface area contributed by atoms with Crippen LogP contribution >= 0.6 is 0 Å². The maximum Gasteiger partial charge on any atom is 0.383 e. The van der Waals surface area contributed by atoms with E-state index >= 15 is 0 Å². The van der Waals surface area contributed by atoms with E-state index in [1.807, 2.05) is 0 Å². The minimum absolute atomic E-state index is 0.00294. The lowest BCUT2D eigenvalue weighted by atomic mass is 10.0. The van der Waals surface area contributed by atoms with Crippen LogP contribution in [0.3, 0.4) is 0 Å². The van der Waals surface area contributed by atoms with Crippen LogP contribution in [-0.2, 0) is 4.79 Å². The van der Waals surface area contributed by atoms with E-state index in [1.165, 1.54) is 37.4 Å². The number of nitrogen functional groups attached to an aromatic ring is 1. The van der Waals surface area contributed by atoms with Gasteiger partial charge in [-0.25, -0.2) is 13.2 Å². The smallest absolute Gasteiger partial charge is 0.383 e. The van der Waals surface area contributed by atoms with Gasteiger partial charge in [0.05, 0.1) is 18.4 Å². The fourth-order valence-corrected chi connectivity index (χ4v) is 3.53. The number of ether oxygens (including phenoxy) is 1. The van der Waals surface area contributed by atoms with Gasteiger partial charge in [-0.1, -0.05) is 18.2 Å². The first-order valence-corrected chi connectivity index (χ1v) is 10.3. The number of nitrogens with one attached hydrogen (secondary N) is 1. The standard InChI is InChI=1S/C25H17F5N2O4/c1-35-18-11-14(26)6-8-17(18)21(33)22-20(31)16-7-5-13(10-19(16)36-22)12-3-2-4-15(9-12)32-24(34)25(29,30)23(27)28/h2-11,23H,31H2,1H3,(H,32,34). The van der Waals surface area contributed by atoms with Gasteiger partial charge in [0.1, 0.15) is 17.1 Å². The monoisotopic (exact) mass is 504 g/mol. The maximum atomic E-state index is 13.5. The van der Waals surface area contributed by atoms with Crippen LogP contribution < -0.4 is 15.8 Å². The molecule has 0 spiro atoms. The highest BCUT2D eigenvalue weighted by molar-refractivity contribution is 6.15. The van der Waals surface area contributed by atoms with Crippen LogP contribution in [0, 0.1) is 5.82 Å². The average molecular weight is 504 g/mol. The fourth-order valence-electron chi connectivity index (χ4n) is 3.53. The summed E-state index contributed by atoms with van der Waals surface area (Å²) in [4.78, 5) is 24.6. The Hall–Kier alpha value is -4.41. The molecule has 0 fully saturated rings. The van der Waals surface area contributed by atoms with Crippen molar-refractivity contribution in [2.45, 2.75) is 12.3 Å². The quantitative estimate of drug-likeness (QED) is 0.241. The van der Waals surface area contributed by atoms with Gasteiger partial charge in [0.2, 0.25) is 5.78 Å². The van der Waals surface area contributed by atoms with E-state index in [2.05, 4.69) is 0 Å². The molecule has 0 aliphatic heterocycles. The van der Waals surface area contributed by atoms with Crippen LogP contribution in [-0.4, -0.2) is 31.1 Å². The normalized spacial score (nSPS) is 11.6. The molecule has 1 amide bonds. The van der Waals surface area contributed by atoms with Gasteiger partial charge >= 0.3 is 18.3 Å². The molecule has 3 N–H and O–H groups in total. The molecule has 0 bridgehead atoms. The lowest BCUT2D eigenvalue weighted by Crippen LogP contribution is -2.40. The molecule has 0 atom stereocenters. The Morgan fingerprint density at radius 2 is 1.75 bits per heavy atom. The van der Waals surface area contributed by atoms with Crippen molar-refractivity contribution in [2.75, 3.05) is 18.2 Å². The van der Waals surface area contributed by atoms with Crippen molar-refractivity contribution in [3.05, 3.63) is 77.8 Å². The molecule has 0 saturated heterocycles. The molecule has 3 aromatic carbocycles. The summed E-state index contributed by atoms with van der Waals surface area (Å²) in [6.45, 7) is 0. The van der Waals surface area contributed by atoms with Gasteiger partial charge in [-0.05, 0) is 47.5 Å². The van der Waals surface area contributed by atoms with Crippen LogP contribution in [0.2, 0.25) is 0 Å². The molecule has 0 aliphatic rings. The molecule has 186 valence electrons. The minimum Gasteiger partial charge on any atom is -0.496 e. The van der Waals surface area contributed by atoms with E-state index in [0.717, 1.165) is 12.1 Å². The molecule has 1 heterocycles. The molecular formula is C25H17F5N2O4. The topological polar surface area (TPSA) is 94.6 Å². The highest BCUT2D eigenvalue weighted by Crippen LogP contribution is 2.35. The highest BCUT2D eigenvalue weighted by Gasteiger charge is 2.49. The molecular weight excluding hydrogens is 487 g/mol. The number of methoxy groups -OCH3 is 1. The zero-order valence-corrected chi connectivity index (χ0v) is 18.5. The second-order valence-electron chi connectivity index (χ2n) is 7.69. The van der Waals surface area contributed by atoms with Gasteiger partial charge in [-0.3, -0.25) is 9.59 Å². The lowest BCUT2D eigenvalue weighted by molar-refractivity contribution is -0.163. The molecule has 0 aliphatic carbocycles. The number of carbonyl (C=O) groups is 2. The average Bonchev–Trinajstić information content (AvgIpc) is 3.19. The molecule has 4 aromatic rings. The molecule has 36 heavy (non-hydrogen) atoms. The van der Waals surface area contributed by atoms with Gasteiger partial charge in [0.15, 0.2) is 5.76 Å². The number of alkyl halides is 4. The van der Waals surface area contributed by atoms with Gasteiger partial charge in [0.25, 0.3) is 0 Å². The third kappa shape index (κ3) is 4.47. The van der Waals surface area contributed by atoms with Crippen LogP contribution in [0.5, 0.6) is 5.75 Å². The van der Waals surface area contributed by atoms with E-state index in [9.17, 15) is 31.5 Å². The number of benzene rings is 3. The molecule has 4 rings (SSSR count). The molecule has 0 unspecified atom stereocenters. The number of furan rings is 1. The molecule has 0 radical (unpaired) electrons. The summed E-state index contributed by atoms with van der Waals surface area (Å²) in [6, 6.07) is 13.7. The largest absolute Gasteiger partial charge is 0.496 e. The van der Waals surface area contributed by atoms with E-state index in [-0.39, 0.29) is 34.0 Å². The second-order valence-corrected chi connectivity index (χ2v) is 7.69. The number of hydrogen-bond acceptors (Lipinski definition) is 5. The van der Waals surface area contributed by atoms with E-state index in [0.29, 0.717) is 16.5 Å². The zero-order valence-electron chi connectivity index (χ0n) is 18.5. The molecule has 0 saturated carbocycles. The van der Waals surface area contributed by atoms with Crippen molar-refractivity contribution in [2.24, 2.45) is 0 Å². The maximum absolute atomic E-state index is 13.5. The summed E-state index contributed by atoms with van der Waals surface area (Å²) in [5.41, 5.74) is 7.21. The Balaban J connectivity index is 1.67. The van der Waals surface area contributed by atoms with Crippen LogP contribution in [0.15, 0.2) is 65.1 Å². The predicted octanol–water partition coefficient (Wildman–Crippen LogP) is 5.90. The van der Waals surface area contributed by atoms with Crippen molar-refractivity contribution in [1.29, 1.82) is 0 Å². The number of halogens is 5. The van der Waals surface area contributed by atoms with Crippen molar-refractivity contribution in [3.63, 3.8) is 0 Å². The minimum atomic E-state index is -4.85. The van der Waals surface area contributed by atoms with E-state index in [4.69, 9.17) is 14.9 Å². The predicted molar refractivity (Wildman–Crippen MR) is 122 cm³/mol. The van der Waals surface area contributed by atoms with Crippen molar-refractivity contribution >= 4 is 34.0 Å². The van der Waals surface area contributed by atoms with Gasteiger partial charge in [-0.2, -0.15) is 8.78 Å². The Morgan fingerprint density at radius 3 is 2.44 bits per heavy atom. The highest BCUT2D eigenvalue weighted by atomic mass is 19.3. The summed E-state index contributed by atoms with van der Waals surface area (Å²) >= 11 is 0. The van der Waals surface area contributed by atoms with Crippen molar-refractivity contribution in [1.82, 2.24) is 0 Å². The second kappa shape index (κ2) is 9.33. The number of amides is 1. The van der Waals surface area contributed by atoms with Gasteiger partial charge < -0.3 is 20.2 Å². The number of nitrogens with two attached hydrogens (primary N) is 1. The number of hydrogen-bond donors (Lipinski definition) is 2. The fraction of sp³-hybridized carbons (Fsp3) is 0.120. The summed E-state index contributed by atoms with van der Waals surface area (Å²) in [7, 11) is 1.28. The Morgan fingerprint density at radius 1 is 1.03 bits per heavy atom. The zero-order chi connectivity index (χ0) is 26.2. The SMILES string of the molecule is COc1cc(F)ccc1C(=O)c1oc2cc(-c3cccc(NC(=O)C(F)(F)C(F)F)c3)ccc2c1N. The Bertz CT molecular complexity index is 1480. The first-order valence-electron chi connectivity index (χ1n) is 10.3. The summed E-state index contributed by atoms with van der Waals surface area (Å²) in [5.74, 6) is -8.41. The Kier molecular flexibility index (Phi) is 6.40. The molecule has 6 nitrogen and oxygen atoms in total. The van der Waals surface area contributed by atoms with Crippen molar-refractivity contribution in [3.8, 4) is 16.9 Å². The van der Waals surface area contributed by atoms with Gasteiger partial charge in [0, 0.05) is 17.1 Å². The molecule has 1 aromatic heterocycles. The van der Waals surface area contributed by atoms with Crippen LogP contribution in [0.25, 0.3) is 22.1 Å². The number of ketones is 1. The number of carbonyl (C=O) groups excluding carboxylic acids is 2. The first kappa shape index (κ1) is 24.7. The molecule has 11 heteroatoms. The van der Waals surface area contributed by atoms with Crippen LogP contribution in [0.1, 0.15) is 16.1 Å². The third-order valence-corrected chi connectivity index (χ3v) is 5.37. The number of rotatable bonds is 7. The third-order valence-electron chi connectivity index (χ3n) is 5.37. The van der Waals surface area contributed by atoms with Gasteiger partial charge in [-0.15, -0.1) is 0 Å². The van der Waals surface area contributed by atoms with E-state index in [1.54, 1.807) is 23.5 Å². The lowest BCUT2D eigenvalue weighted by Gasteiger charge is -2.15. The van der Waals surface area contributed by atoms with Crippen molar-refractivity contribution < 1.29 is 40.7 Å².